The van der Waals surface area contributed by atoms with Crippen LogP contribution in [0.5, 0.6) is 5.75 Å². The molecule has 3 rings (SSSR count). The summed E-state index contributed by atoms with van der Waals surface area (Å²) in [6, 6.07) is 14.7. The van der Waals surface area contributed by atoms with Gasteiger partial charge in [-0.2, -0.15) is 0 Å². The summed E-state index contributed by atoms with van der Waals surface area (Å²) < 4.78 is 5.17. The number of aliphatic carboxylic acids is 1. The Bertz CT molecular complexity index is 785. The molecule has 0 saturated heterocycles. The Morgan fingerprint density at radius 1 is 1.20 bits per heavy atom. The molecule has 0 radical (unpaired) electrons. The van der Waals surface area contributed by atoms with Crippen molar-refractivity contribution in [1.29, 1.82) is 0 Å². The van der Waals surface area contributed by atoms with E-state index in [-0.39, 0.29) is 18.4 Å². The SMILES string of the molecule is CCC(C(=O)N1CC(C(=O)O)c2ccccc21)c1ccc(OC)cc1. The van der Waals surface area contributed by atoms with Crippen LogP contribution in [0.15, 0.2) is 48.5 Å². The number of hydrogen-bond acceptors (Lipinski definition) is 3. The highest BCUT2D eigenvalue weighted by Crippen LogP contribution is 2.38. The van der Waals surface area contributed by atoms with Crippen LogP contribution in [0.4, 0.5) is 5.69 Å². The molecule has 0 spiro atoms. The molecule has 0 bridgehead atoms. The zero-order valence-electron chi connectivity index (χ0n) is 14.3. The number of ether oxygens (including phenoxy) is 1. The number of benzene rings is 2. The van der Waals surface area contributed by atoms with E-state index in [1.54, 1.807) is 18.1 Å². The van der Waals surface area contributed by atoms with Gasteiger partial charge in [0.2, 0.25) is 5.91 Å². The molecule has 5 heteroatoms. The average molecular weight is 339 g/mol. The standard InChI is InChI=1S/C20H21NO4/c1-3-15(13-8-10-14(25-2)11-9-13)19(22)21-12-17(20(23)24)16-6-4-5-7-18(16)21/h4-11,15,17H,3,12H2,1-2H3,(H,23,24). The quantitative estimate of drug-likeness (QED) is 0.906. The number of rotatable bonds is 5. The Balaban J connectivity index is 1.92. The second-order valence-electron chi connectivity index (χ2n) is 6.13. The molecule has 25 heavy (non-hydrogen) atoms. The van der Waals surface area contributed by atoms with Gasteiger partial charge in [0, 0.05) is 12.2 Å². The van der Waals surface area contributed by atoms with E-state index in [0.29, 0.717) is 17.7 Å². The fraction of sp³-hybridized carbons (Fsp3) is 0.300. The van der Waals surface area contributed by atoms with Crippen molar-refractivity contribution in [1.82, 2.24) is 0 Å². The number of nitrogens with zero attached hydrogens (tertiary/aromatic N) is 1. The van der Waals surface area contributed by atoms with Gasteiger partial charge in [-0.05, 0) is 35.7 Å². The van der Waals surface area contributed by atoms with Crippen LogP contribution in [0.25, 0.3) is 0 Å². The van der Waals surface area contributed by atoms with Gasteiger partial charge in [0.1, 0.15) is 11.7 Å². The fourth-order valence-corrected chi connectivity index (χ4v) is 3.40. The lowest BCUT2D eigenvalue weighted by Gasteiger charge is -2.24. The molecule has 130 valence electrons. The van der Waals surface area contributed by atoms with Gasteiger partial charge in [0.25, 0.3) is 0 Å². The minimum atomic E-state index is -0.903. The molecule has 1 heterocycles. The summed E-state index contributed by atoms with van der Waals surface area (Å²) in [5, 5.41) is 9.48. The monoisotopic (exact) mass is 339 g/mol. The molecule has 0 aromatic heterocycles. The third-order valence-electron chi connectivity index (χ3n) is 4.76. The first-order valence-corrected chi connectivity index (χ1v) is 8.33. The van der Waals surface area contributed by atoms with Crippen molar-refractivity contribution >= 4 is 17.6 Å². The molecule has 2 aromatic carbocycles. The van der Waals surface area contributed by atoms with Crippen molar-refractivity contribution in [2.45, 2.75) is 25.2 Å². The Morgan fingerprint density at radius 2 is 1.88 bits per heavy atom. The van der Waals surface area contributed by atoms with Gasteiger partial charge < -0.3 is 14.7 Å². The highest BCUT2D eigenvalue weighted by atomic mass is 16.5. The first-order valence-electron chi connectivity index (χ1n) is 8.33. The number of hydrogen-bond donors (Lipinski definition) is 1. The second kappa shape index (κ2) is 6.97. The number of amides is 1. The van der Waals surface area contributed by atoms with Gasteiger partial charge in [0.15, 0.2) is 0 Å². The smallest absolute Gasteiger partial charge is 0.312 e. The molecule has 2 unspecified atom stereocenters. The van der Waals surface area contributed by atoms with Crippen molar-refractivity contribution in [2.75, 3.05) is 18.6 Å². The summed E-state index contributed by atoms with van der Waals surface area (Å²) >= 11 is 0. The maximum Gasteiger partial charge on any atom is 0.312 e. The summed E-state index contributed by atoms with van der Waals surface area (Å²) in [4.78, 5) is 26.3. The van der Waals surface area contributed by atoms with Gasteiger partial charge in [-0.3, -0.25) is 9.59 Å². The highest BCUT2D eigenvalue weighted by molar-refractivity contribution is 6.02. The topological polar surface area (TPSA) is 66.8 Å². The molecule has 1 N–H and O–H groups in total. The molecule has 1 amide bonds. The lowest BCUT2D eigenvalue weighted by Crippen LogP contribution is -2.35. The largest absolute Gasteiger partial charge is 0.497 e. The fourth-order valence-electron chi connectivity index (χ4n) is 3.40. The lowest BCUT2D eigenvalue weighted by molar-refractivity contribution is -0.138. The number of carboxylic acid groups (broad SMARTS) is 1. The minimum Gasteiger partial charge on any atom is -0.497 e. The zero-order valence-corrected chi connectivity index (χ0v) is 14.3. The van der Waals surface area contributed by atoms with Gasteiger partial charge in [-0.15, -0.1) is 0 Å². The Labute approximate surface area is 146 Å². The maximum absolute atomic E-state index is 13.2. The van der Waals surface area contributed by atoms with Crippen molar-refractivity contribution in [3.8, 4) is 5.75 Å². The normalized spacial score (nSPS) is 17.0. The summed E-state index contributed by atoms with van der Waals surface area (Å²) in [5.74, 6) is -1.22. The molecule has 0 fully saturated rings. The van der Waals surface area contributed by atoms with Crippen LogP contribution in [-0.2, 0) is 9.59 Å². The maximum atomic E-state index is 13.2. The third-order valence-corrected chi connectivity index (χ3v) is 4.76. The van der Waals surface area contributed by atoms with E-state index >= 15 is 0 Å². The number of fused-ring (bicyclic) bond motifs is 1. The van der Waals surface area contributed by atoms with Crippen LogP contribution < -0.4 is 9.64 Å². The van der Waals surface area contributed by atoms with Crippen LogP contribution in [0.1, 0.15) is 36.3 Å². The predicted molar refractivity (Wildman–Crippen MR) is 95.2 cm³/mol. The minimum absolute atomic E-state index is 0.0659. The zero-order chi connectivity index (χ0) is 18.0. The Kier molecular flexibility index (Phi) is 4.74. The molecule has 5 nitrogen and oxygen atoms in total. The molecule has 2 aromatic rings. The van der Waals surface area contributed by atoms with Crippen LogP contribution in [-0.4, -0.2) is 30.6 Å². The first kappa shape index (κ1) is 17.0. The predicted octanol–water partition coefficient (Wildman–Crippen LogP) is 3.40. The number of anilines is 1. The number of carbonyl (C=O) groups excluding carboxylic acids is 1. The second-order valence-corrected chi connectivity index (χ2v) is 6.13. The molecule has 2 atom stereocenters. The average Bonchev–Trinajstić information content (AvgIpc) is 3.03. The number of carbonyl (C=O) groups is 2. The molecule has 1 aliphatic heterocycles. The van der Waals surface area contributed by atoms with Crippen molar-refractivity contribution in [3.63, 3.8) is 0 Å². The van der Waals surface area contributed by atoms with Crippen molar-refractivity contribution < 1.29 is 19.4 Å². The van der Waals surface area contributed by atoms with E-state index in [0.717, 1.165) is 11.3 Å². The van der Waals surface area contributed by atoms with Crippen LogP contribution in [0, 0.1) is 0 Å². The first-order chi connectivity index (χ1) is 12.1. The molecule has 1 aliphatic rings. The van der Waals surface area contributed by atoms with Crippen molar-refractivity contribution in [2.24, 2.45) is 0 Å². The van der Waals surface area contributed by atoms with Crippen LogP contribution in [0.2, 0.25) is 0 Å². The number of carboxylic acids is 1. The number of methoxy groups -OCH3 is 1. The summed E-state index contributed by atoms with van der Waals surface area (Å²) in [6.45, 7) is 2.14. The molecule has 0 aliphatic carbocycles. The van der Waals surface area contributed by atoms with Gasteiger partial charge in [-0.1, -0.05) is 37.3 Å². The van der Waals surface area contributed by atoms with E-state index < -0.39 is 11.9 Å². The van der Waals surface area contributed by atoms with E-state index in [1.807, 2.05) is 49.4 Å². The lowest BCUT2D eigenvalue weighted by atomic mass is 9.95. The summed E-state index contributed by atoms with van der Waals surface area (Å²) in [5.41, 5.74) is 2.31. The van der Waals surface area contributed by atoms with Gasteiger partial charge in [-0.25, -0.2) is 0 Å². The van der Waals surface area contributed by atoms with Gasteiger partial charge >= 0.3 is 5.97 Å². The van der Waals surface area contributed by atoms with Crippen molar-refractivity contribution in [3.05, 3.63) is 59.7 Å². The van der Waals surface area contributed by atoms with E-state index in [1.165, 1.54) is 0 Å². The Hall–Kier alpha value is -2.82. The van der Waals surface area contributed by atoms with E-state index in [4.69, 9.17) is 4.74 Å². The van der Waals surface area contributed by atoms with E-state index in [9.17, 15) is 14.7 Å². The summed E-state index contributed by atoms with van der Waals surface area (Å²) in [6.07, 6.45) is 0.640. The molecular weight excluding hydrogens is 318 g/mol. The molecular formula is C20H21NO4. The molecule has 0 saturated carbocycles. The van der Waals surface area contributed by atoms with Crippen LogP contribution in [0.3, 0.4) is 0 Å². The van der Waals surface area contributed by atoms with Crippen LogP contribution >= 0.6 is 0 Å². The number of para-hydroxylation sites is 1. The van der Waals surface area contributed by atoms with Gasteiger partial charge in [0.05, 0.1) is 13.0 Å². The summed E-state index contributed by atoms with van der Waals surface area (Å²) in [7, 11) is 1.60. The highest BCUT2D eigenvalue weighted by Gasteiger charge is 2.38. The Morgan fingerprint density at radius 3 is 2.48 bits per heavy atom. The third kappa shape index (κ3) is 3.09. The van der Waals surface area contributed by atoms with E-state index in [2.05, 4.69) is 0 Å².